The molecule has 0 aromatic heterocycles. The predicted octanol–water partition coefficient (Wildman–Crippen LogP) is 0.483. The van der Waals surface area contributed by atoms with Crippen LogP contribution in [0.3, 0.4) is 0 Å². The Kier molecular flexibility index (Phi) is 3.91. The van der Waals surface area contributed by atoms with E-state index in [0.29, 0.717) is 12.8 Å². The normalized spacial score (nSPS) is 21.7. The molecule has 5 heteroatoms. The Labute approximate surface area is 95.4 Å². The number of carboxylic acid groups (broad SMARTS) is 1. The number of carbonyl (C=O) groups is 2. The van der Waals surface area contributed by atoms with Gasteiger partial charge in [-0.3, -0.25) is 4.79 Å². The molecule has 5 nitrogen and oxygen atoms in total. The van der Waals surface area contributed by atoms with Crippen LogP contribution in [0.1, 0.15) is 39.5 Å². The molecule has 1 rings (SSSR count). The standard InChI is InChI=1S/C11H20N2O3/c1-3-7(2)8(12)9(14)13-11(10(15)16)5-4-6-11/h7-8H,3-6,12H2,1-2H3,(H,13,14)(H,15,16). The zero-order valence-electron chi connectivity index (χ0n) is 9.82. The summed E-state index contributed by atoms with van der Waals surface area (Å²) in [6.07, 6.45) is 2.64. The largest absolute Gasteiger partial charge is 0.480 e. The topological polar surface area (TPSA) is 92.4 Å². The van der Waals surface area contributed by atoms with E-state index in [1.165, 1.54) is 0 Å². The van der Waals surface area contributed by atoms with Gasteiger partial charge in [0.2, 0.25) is 5.91 Å². The molecule has 1 amide bonds. The third kappa shape index (κ3) is 2.35. The molecular formula is C11H20N2O3. The number of aliphatic carboxylic acids is 1. The van der Waals surface area contributed by atoms with Crippen molar-refractivity contribution in [3.05, 3.63) is 0 Å². The summed E-state index contributed by atoms with van der Waals surface area (Å²) in [6.45, 7) is 3.84. The Hall–Kier alpha value is -1.10. The van der Waals surface area contributed by atoms with Crippen LogP contribution in [0.5, 0.6) is 0 Å². The fraction of sp³-hybridized carbons (Fsp3) is 0.818. The molecule has 0 aliphatic heterocycles. The van der Waals surface area contributed by atoms with Crippen molar-refractivity contribution in [2.75, 3.05) is 0 Å². The molecular weight excluding hydrogens is 208 g/mol. The molecule has 0 heterocycles. The van der Waals surface area contributed by atoms with Crippen molar-refractivity contribution in [2.24, 2.45) is 11.7 Å². The number of hydrogen-bond donors (Lipinski definition) is 3. The lowest BCUT2D eigenvalue weighted by Crippen LogP contribution is -2.62. The van der Waals surface area contributed by atoms with Gasteiger partial charge in [0.05, 0.1) is 6.04 Å². The monoisotopic (exact) mass is 228 g/mol. The van der Waals surface area contributed by atoms with E-state index < -0.39 is 17.6 Å². The molecule has 0 saturated heterocycles. The molecule has 92 valence electrons. The van der Waals surface area contributed by atoms with Crippen molar-refractivity contribution >= 4 is 11.9 Å². The van der Waals surface area contributed by atoms with Gasteiger partial charge in [-0.25, -0.2) is 4.79 Å². The van der Waals surface area contributed by atoms with Gasteiger partial charge in [0.1, 0.15) is 5.54 Å². The minimum atomic E-state index is -1.05. The van der Waals surface area contributed by atoms with E-state index in [4.69, 9.17) is 10.8 Å². The number of rotatable bonds is 5. The highest BCUT2D eigenvalue weighted by molar-refractivity contribution is 5.90. The Morgan fingerprint density at radius 3 is 2.38 bits per heavy atom. The summed E-state index contributed by atoms with van der Waals surface area (Å²) >= 11 is 0. The summed E-state index contributed by atoms with van der Waals surface area (Å²) < 4.78 is 0. The second kappa shape index (κ2) is 4.82. The Morgan fingerprint density at radius 1 is 1.50 bits per heavy atom. The molecule has 0 aromatic carbocycles. The molecule has 1 aliphatic rings. The quantitative estimate of drug-likeness (QED) is 0.638. The van der Waals surface area contributed by atoms with Gasteiger partial charge in [-0.05, 0) is 25.2 Å². The van der Waals surface area contributed by atoms with Crippen LogP contribution in [-0.2, 0) is 9.59 Å². The van der Waals surface area contributed by atoms with Gasteiger partial charge in [-0.2, -0.15) is 0 Å². The second-order valence-electron chi connectivity index (χ2n) is 4.64. The molecule has 16 heavy (non-hydrogen) atoms. The molecule has 0 aromatic rings. The van der Waals surface area contributed by atoms with Crippen LogP contribution in [0.4, 0.5) is 0 Å². The van der Waals surface area contributed by atoms with E-state index in [2.05, 4.69) is 5.32 Å². The van der Waals surface area contributed by atoms with Gasteiger partial charge >= 0.3 is 5.97 Å². The van der Waals surface area contributed by atoms with Gasteiger partial charge < -0.3 is 16.2 Å². The van der Waals surface area contributed by atoms with E-state index in [9.17, 15) is 9.59 Å². The molecule has 2 atom stereocenters. The summed E-state index contributed by atoms with van der Waals surface area (Å²) in [5.74, 6) is -1.24. The summed E-state index contributed by atoms with van der Waals surface area (Å²) in [5, 5.41) is 11.6. The molecule has 0 radical (unpaired) electrons. The fourth-order valence-corrected chi connectivity index (χ4v) is 1.75. The first-order valence-corrected chi connectivity index (χ1v) is 5.74. The number of carbonyl (C=O) groups excluding carboxylic acids is 1. The first-order valence-electron chi connectivity index (χ1n) is 5.74. The number of amides is 1. The van der Waals surface area contributed by atoms with Crippen LogP contribution in [0.2, 0.25) is 0 Å². The van der Waals surface area contributed by atoms with Crippen LogP contribution < -0.4 is 11.1 Å². The highest BCUT2D eigenvalue weighted by Crippen LogP contribution is 2.32. The van der Waals surface area contributed by atoms with E-state index in [1.54, 1.807) is 0 Å². The average molecular weight is 228 g/mol. The minimum Gasteiger partial charge on any atom is -0.480 e. The second-order valence-corrected chi connectivity index (χ2v) is 4.64. The number of nitrogens with two attached hydrogens (primary N) is 1. The van der Waals surface area contributed by atoms with Crippen molar-refractivity contribution in [1.82, 2.24) is 5.32 Å². The fourth-order valence-electron chi connectivity index (χ4n) is 1.75. The summed E-state index contributed by atoms with van der Waals surface area (Å²) in [4.78, 5) is 22.8. The summed E-state index contributed by atoms with van der Waals surface area (Å²) in [6, 6.07) is -0.623. The Balaban J connectivity index is 2.59. The maximum atomic E-state index is 11.8. The highest BCUT2D eigenvalue weighted by Gasteiger charge is 2.46. The SMILES string of the molecule is CCC(C)C(N)C(=O)NC1(C(=O)O)CCC1. The third-order valence-electron chi connectivity index (χ3n) is 3.54. The Bertz CT molecular complexity index is 287. The molecule has 1 aliphatic carbocycles. The van der Waals surface area contributed by atoms with Crippen molar-refractivity contribution in [2.45, 2.75) is 51.1 Å². The summed E-state index contributed by atoms with van der Waals surface area (Å²) in [5.41, 5.74) is 4.70. The lowest BCUT2D eigenvalue weighted by Gasteiger charge is -2.39. The van der Waals surface area contributed by atoms with Crippen LogP contribution in [0.15, 0.2) is 0 Å². The summed E-state index contributed by atoms with van der Waals surface area (Å²) in [7, 11) is 0. The molecule has 1 saturated carbocycles. The molecule has 1 fully saturated rings. The van der Waals surface area contributed by atoms with Crippen LogP contribution in [-0.4, -0.2) is 28.6 Å². The zero-order chi connectivity index (χ0) is 12.3. The molecule has 2 unspecified atom stereocenters. The van der Waals surface area contributed by atoms with Gasteiger partial charge in [0.25, 0.3) is 0 Å². The lowest BCUT2D eigenvalue weighted by atomic mass is 9.76. The van der Waals surface area contributed by atoms with Crippen LogP contribution in [0.25, 0.3) is 0 Å². The van der Waals surface area contributed by atoms with E-state index in [-0.39, 0.29) is 11.8 Å². The average Bonchev–Trinajstić information content (AvgIpc) is 2.20. The van der Waals surface area contributed by atoms with Crippen LogP contribution >= 0.6 is 0 Å². The molecule has 4 N–H and O–H groups in total. The van der Waals surface area contributed by atoms with E-state index >= 15 is 0 Å². The smallest absolute Gasteiger partial charge is 0.329 e. The molecule has 0 bridgehead atoms. The number of nitrogens with one attached hydrogen (secondary N) is 1. The number of carboxylic acids is 1. The van der Waals surface area contributed by atoms with Gasteiger partial charge in [0, 0.05) is 0 Å². The van der Waals surface area contributed by atoms with Crippen molar-refractivity contribution in [1.29, 1.82) is 0 Å². The van der Waals surface area contributed by atoms with Gasteiger partial charge in [-0.1, -0.05) is 20.3 Å². The van der Waals surface area contributed by atoms with Gasteiger partial charge in [-0.15, -0.1) is 0 Å². The van der Waals surface area contributed by atoms with Crippen molar-refractivity contribution in [3.8, 4) is 0 Å². The maximum absolute atomic E-state index is 11.8. The maximum Gasteiger partial charge on any atom is 0.329 e. The Morgan fingerprint density at radius 2 is 2.06 bits per heavy atom. The lowest BCUT2D eigenvalue weighted by molar-refractivity contribution is -0.152. The molecule has 0 spiro atoms. The minimum absolute atomic E-state index is 0.0610. The van der Waals surface area contributed by atoms with Crippen molar-refractivity contribution < 1.29 is 14.7 Å². The van der Waals surface area contributed by atoms with Crippen LogP contribution in [0, 0.1) is 5.92 Å². The number of hydrogen-bond acceptors (Lipinski definition) is 3. The van der Waals surface area contributed by atoms with Crippen molar-refractivity contribution in [3.63, 3.8) is 0 Å². The third-order valence-corrected chi connectivity index (χ3v) is 3.54. The predicted molar refractivity (Wildman–Crippen MR) is 59.8 cm³/mol. The van der Waals surface area contributed by atoms with Gasteiger partial charge in [0.15, 0.2) is 0 Å². The zero-order valence-corrected chi connectivity index (χ0v) is 9.82. The first-order chi connectivity index (χ1) is 7.43. The first kappa shape index (κ1) is 13.0. The van der Waals surface area contributed by atoms with E-state index in [1.807, 2.05) is 13.8 Å². The highest BCUT2D eigenvalue weighted by atomic mass is 16.4. The van der Waals surface area contributed by atoms with E-state index in [0.717, 1.165) is 12.8 Å².